The molecule has 0 radical (unpaired) electrons. The standard InChI is InChI=1S/C14H24NO11P/c1-8(2)24-10(18)11(25-12(19)14(3,4)5)26-13(20)15(6-9(16)17)7-27(21,22)23/h8,11H,6-7H2,1-5H3,(H,16,17)(H2,21,22,23). The Hall–Kier alpha value is -2.17. The normalized spacial score (nSPS) is 12.9. The first-order valence-corrected chi connectivity index (χ1v) is 9.46. The highest BCUT2D eigenvalue weighted by Gasteiger charge is 2.36. The first-order valence-electron chi connectivity index (χ1n) is 7.66. The molecule has 1 atom stereocenters. The van der Waals surface area contributed by atoms with E-state index in [1.165, 1.54) is 34.6 Å². The molecule has 0 saturated heterocycles. The molecule has 1 unspecified atom stereocenters. The van der Waals surface area contributed by atoms with Crippen LogP contribution < -0.4 is 0 Å². The quantitative estimate of drug-likeness (QED) is 0.287. The number of carboxylic acid groups (broad SMARTS) is 1. The van der Waals surface area contributed by atoms with Gasteiger partial charge in [-0.15, -0.1) is 0 Å². The van der Waals surface area contributed by atoms with Crippen LogP contribution in [-0.4, -0.2) is 69.0 Å². The van der Waals surface area contributed by atoms with Gasteiger partial charge in [-0.1, -0.05) is 0 Å². The highest BCUT2D eigenvalue weighted by Crippen LogP contribution is 2.35. The summed E-state index contributed by atoms with van der Waals surface area (Å²) in [5.74, 6) is -3.77. The third-order valence-electron chi connectivity index (χ3n) is 2.52. The number of aliphatic carboxylic acids is 1. The summed E-state index contributed by atoms with van der Waals surface area (Å²) in [6.07, 6.45) is -5.71. The Morgan fingerprint density at radius 3 is 1.93 bits per heavy atom. The minimum Gasteiger partial charge on any atom is -0.480 e. The Morgan fingerprint density at radius 1 is 1.04 bits per heavy atom. The summed E-state index contributed by atoms with van der Waals surface area (Å²) in [5.41, 5.74) is -1.07. The van der Waals surface area contributed by atoms with Crippen molar-refractivity contribution >= 4 is 31.6 Å². The maximum absolute atomic E-state index is 12.1. The number of hydrogen-bond acceptors (Lipinski definition) is 8. The molecule has 0 aliphatic heterocycles. The molecule has 0 aromatic heterocycles. The van der Waals surface area contributed by atoms with Gasteiger partial charge >= 0.3 is 37.9 Å². The Morgan fingerprint density at radius 2 is 1.56 bits per heavy atom. The van der Waals surface area contributed by atoms with Crippen molar-refractivity contribution in [2.45, 2.75) is 47.0 Å². The largest absolute Gasteiger partial charge is 0.480 e. The summed E-state index contributed by atoms with van der Waals surface area (Å²) in [4.78, 5) is 64.9. The van der Waals surface area contributed by atoms with Gasteiger partial charge in [-0.25, -0.2) is 9.59 Å². The lowest BCUT2D eigenvalue weighted by Crippen LogP contribution is -2.43. The highest BCUT2D eigenvalue weighted by atomic mass is 31.2. The average molecular weight is 413 g/mol. The third-order valence-corrected chi connectivity index (χ3v) is 3.23. The van der Waals surface area contributed by atoms with Gasteiger partial charge in [0.1, 0.15) is 12.8 Å². The molecule has 27 heavy (non-hydrogen) atoms. The smallest absolute Gasteiger partial charge is 0.414 e. The second-order valence-electron chi connectivity index (χ2n) is 6.75. The summed E-state index contributed by atoms with van der Waals surface area (Å²) in [5, 5.41) is 8.76. The zero-order chi connectivity index (χ0) is 21.6. The number of esters is 2. The second-order valence-corrected chi connectivity index (χ2v) is 8.37. The first-order chi connectivity index (χ1) is 12.0. The Bertz CT molecular complexity index is 619. The average Bonchev–Trinajstić information content (AvgIpc) is 2.41. The molecular formula is C14H24NO11P. The fourth-order valence-corrected chi connectivity index (χ4v) is 2.07. The number of amides is 1. The minimum absolute atomic E-state index is 0.156. The van der Waals surface area contributed by atoms with Crippen LogP contribution in [0.3, 0.4) is 0 Å². The Labute approximate surface area is 155 Å². The number of hydrogen-bond donors (Lipinski definition) is 3. The molecule has 0 aliphatic rings. The van der Waals surface area contributed by atoms with E-state index in [1.54, 1.807) is 0 Å². The summed E-state index contributed by atoms with van der Waals surface area (Å²) in [6, 6.07) is 0. The first kappa shape index (κ1) is 24.8. The molecule has 13 heteroatoms. The van der Waals surface area contributed by atoms with Crippen LogP contribution in [0, 0.1) is 5.41 Å². The highest BCUT2D eigenvalue weighted by molar-refractivity contribution is 7.51. The molecule has 0 bridgehead atoms. The van der Waals surface area contributed by atoms with Crippen molar-refractivity contribution < 1.29 is 52.8 Å². The van der Waals surface area contributed by atoms with Gasteiger partial charge in [-0.05, 0) is 34.6 Å². The van der Waals surface area contributed by atoms with Crippen LogP contribution in [0.5, 0.6) is 0 Å². The van der Waals surface area contributed by atoms with E-state index in [0.29, 0.717) is 0 Å². The van der Waals surface area contributed by atoms with E-state index in [1.807, 2.05) is 0 Å². The van der Waals surface area contributed by atoms with Crippen LogP contribution in [-0.2, 0) is 33.2 Å². The van der Waals surface area contributed by atoms with Gasteiger partial charge in [0.2, 0.25) is 0 Å². The fourth-order valence-electron chi connectivity index (χ4n) is 1.41. The molecule has 0 aliphatic carbocycles. The van der Waals surface area contributed by atoms with E-state index >= 15 is 0 Å². The number of carbonyl (C=O) groups excluding carboxylic acids is 3. The summed E-state index contributed by atoms with van der Waals surface area (Å²) in [7, 11) is -4.84. The lowest BCUT2D eigenvalue weighted by molar-refractivity contribution is -0.199. The number of nitrogens with zero attached hydrogens (tertiary/aromatic N) is 1. The molecule has 156 valence electrons. The van der Waals surface area contributed by atoms with Crippen LogP contribution in [0.25, 0.3) is 0 Å². The summed E-state index contributed by atoms with van der Waals surface area (Å²) >= 11 is 0. The Kier molecular flexibility index (Phi) is 8.90. The van der Waals surface area contributed by atoms with Gasteiger partial charge in [0.15, 0.2) is 0 Å². The molecule has 12 nitrogen and oxygen atoms in total. The predicted molar refractivity (Wildman–Crippen MR) is 88.3 cm³/mol. The van der Waals surface area contributed by atoms with E-state index in [0.717, 1.165) is 0 Å². The van der Waals surface area contributed by atoms with Crippen molar-refractivity contribution in [1.29, 1.82) is 0 Å². The van der Waals surface area contributed by atoms with E-state index < -0.39 is 62.2 Å². The van der Waals surface area contributed by atoms with E-state index in [9.17, 15) is 23.7 Å². The molecule has 0 aromatic carbocycles. The van der Waals surface area contributed by atoms with Crippen LogP contribution in [0.2, 0.25) is 0 Å². The lowest BCUT2D eigenvalue weighted by Gasteiger charge is -2.25. The van der Waals surface area contributed by atoms with Crippen molar-refractivity contribution in [3.63, 3.8) is 0 Å². The second kappa shape index (κ2) is 9.67. The molecule has 3 N–H and O–H groups in total. The third kappa shape index (κ3) is 10.5. The van der Waals surface area contributed by atoms with Gasteiger partial charge in [0, 0.05) is 0 Å². The van der Waals surface area contributed by atoms with Crippen LogP contribution in [0.15, 0.2) is 0 Å². The number of carboxylic acids is 1. The molecule has 0 rings (SSSR count). The van der Waals surface area contributed by atoms with Crippen LogP contribution in [0.4, 0.5) is 4.79 Å². The fraction of sp³-hybridized carbons (Fsp3) is 0.714. The van der Waals surface area contributed by atoms with Crippen molar-refractivity contribution in [3.05, 3.63) is 0 Å². The van der Waals surface area contributed by atoms with Crippen LogP contribution >= 0.6 is 7.60 Å². The van der Waals surface area contributed by atoms with Crippen molar-refractivity contribution in [2.75, 3.05) is 12.8 Å². The van der Waals surface area contributed by atoms with Gasteiger partial charge in [0.25, 0.3) is 0 Å². The topological polar surface area (TPSA) is 177 Å². The van der Waals surface area contributed by atoms with Crippen molar-refractivity contribution in [1.82, 2.24) is 4.90 Å². The molecule has 1 amide bonds. The Balaban J connectivity index is 5.48. The number of carbonyl (C=O) groups is 4. The number of ether oxygens (including phenoxy) is 3. The van der Waals surface area contributed by atoms with Gasteiger partial charge in [-0.2, -0.15) is 0 Å². The molecule has 0 spiro atoms. The zero-order valence-electron chi connectivity index (χ0n) is 15.6. The maximum atomic E-state index is 12.1. The molecule has 0 heterocycles. The van der Waals surface area contributed by atoms with E-state index in [-0.39, 0.29) is 4.90 Å². The predicted octanol–water partition coefficient (Wildman–Crippen LogP) is 0.512. The molecule has 0 aromatic rings. The minimum atomic E-state index is -4.84. The zero-order valence-corrected chi connectivity index (χ0v) is 16.5. The summed E-state index contributed by atoms with van der Waals surface area (Å²) in [6.45, 7) is 6.23. The monoisotopic (exact) mass is 413 g/mol. The summed E-state index contributed by atoms with van der Waals surface area (Å²) < 4.78 is 25.3. The lowest BCUT2D eigenvalue weighted by atomic mass is 9.97. The van der Waals surface area contributed by atoms with Crippen molar-refractivity contribution in [2.24, 2.45) is 5.41 Å². The van der Waals surface area contributed by atoms with E-state index in [2.05, 4.69) is 4.74 Å². The van der Waals surface area contributed by atoms with E-state index in [4.69, 9.17) is 24.4 Å². The molecular weight excluding hydrogens is 389 g/mol. The van der Waals surface area contributed by atoms with Gasteiger partial charge in [0.05, 0.1) is 11.5 Å². The van der Waals surface area contributed by atoms with Crippen LogP contribution in [0.1, 0.15) is 34.6 Å². The number of rotatable bonds is 8. The van der Waals surface area contributed by atoms with Crippen molar-refractivity contribution in [3.8, 4) is 0 Å². The SMILES string of the molecule is CC(C)OC(=O)C(OC(=O)N(CC(=O)O)CP(=O)(O)O)OC(=O)C(C)(C)C. The van der Waals surface area contributed by atoms with Gasteiger partial charge < -0.3 is 29.1 Å². The molecule has 0 saturated carbocycles. The van der Waals surface area contributed by atoms with Gasteiger partial charge in [-0.3, -0.25) is 19.1 Å². The maximum Gasteiger partial charge on any atom is 0.414 e. The molecule has 0 fully saturated rings.